The average Bonchev–Trinajstić information content (AvgIpc) is 3.32. The third kappa shape index (κ3) is 2.49. The normalized spacial score (nSPS) is 21.2. The summed E-state index contributed by atoms with van der Waals surface area (Å²) in [6, 6.07) is 3.97. The molecular weight excluding hydrogens is 350 g/mol. The molecule has 0 atom stereocenters. The van der Waals surface area contributed by atoms with Crippen molar-refractivity contribution in [1.82, 2.24) is 10.6 Å². The molecule has 5 rings (SSSR count). The maximum atomic E-state index is 12.5. The molecule has 2 aromatic rings. The van der Waals surface area contributed by atoms with Crippen molar-refractivity contribution in [3.05, 3.63) is 40.9 Å². The smallest absolute Gasteiger partial charge is 0.287 e. The minimum absolute atomic E-state index is 0.146. The number of amides is 1. The van der Waals surface area contributed by atoms with Gasteiger partial charge in [-0.05, 0) is 37.8 Å². The van der Waals surface area contributed by atoms with E-state index in [0.29, 0.717) is 16.8 Å². The third-order valence-corrected chi connectivity index (χ3v) is 6.05. The van der Waals surface area contributed by atoms with Crippen molar-refractivity contribution in [2.24, 2.45) is 0 Å². The van der Waals surface area contributed by atoms with E-state index in [2.05, 4.69) is 22.5 Å². The monoisotopic (exact) mass is 371 g/mol. The molecule has 2 heterocycles. The molecule has 2 aliphatic carbocycles. The number of hydrogen-bond acceptors (Lipinski definition) is 4. The van der Waals surface area contributed by atoms with E-state index in [0.717, 1.165) is 66.6 Å². The zero-order chi connectivity index (χ0) is 17.9. The van der Waals surface area contributed by atoms with Gasteiger partial charge in [0.2, 0.25) is 0 Å². The zero-order valence-electron chi connectivity index (χ0n) is 14.6. The lowest BCUT2D eigenvalue weighted by atomic mass is 9.74. The molecule has 0 unspecified atom stereocenters. The van der Waals surface area contributed by atoms with Crippen molar-refractivity contribution in [1.29, 1.82) is 0 Å². The Hall–Kier alpha value is -2.14. The molecule has 1 aromatic carbocycles. The van der Waals surface area contributed by atoms with Gasteiger partial charge in [0.25, 0.3) is 5.91 Å². The largest absolute Gasteiger partial charge is 0.450 e. The quantitative estimate of drug-likeness (QED) is 0.720. The van der Waals surface area contributed by atoms with Crippen LogP contribution in [0.15, 0.2) is 28.9 Å². The predicted octanol–water partition coefficient (Wildman–Crippen LogP) is 4.62. The summed E-state index contributed by atoms with van der Waals surface area (Å²) in [5.74, 6) is 0.970. The number of rotatable bonds is 2. The van der Waals surface area contributed by atoms with Crippen LogP contribution in [0.3, 0.4) is 0 Å². The van der Waals surface area contributed by atoms with Crippen LogP contribution >= 0.6 is 11.6 Å². The van der Waals surface area contributed by atoms with Crippen LogP contribution in [0.25, 0.3) is 11.0 Å². The van der Waals surface area contributed by atoms with E-state index in [-0.39, 0.29) is 11.4 Å². The van der Waals surface area contributed by atoms with E-state index in [1.165, 1.54) is 6.42 Å². The standard InChI is InChI=1S/C20H22ClN3O2/c1-11-22-17-14(21)9-12-10-15(19(25)23-13-5-6-13)26-18(12)16(17)20(24-11)7-3-2-4-8-20/h9-10,13,22,24H,1-8H2,(H,23,25). The SMILES string of the molecule is C=C1Nc2c(Cl)cc3cc(C(=O)NC4CC4)oc3c2C2(CCCCC2)N1. The molecule has 1 amide bonds. The molecule has 0 bridgehead atoms. The fraction of sp³-hybridized carbons (Fsp3) is 0.450. The number of furan rings is 1. The number of nitrogens with one attached hydrogen (secondary N) is 3. The Morgan fingerprint density at radius 1 is 1.27 bits per heavy atom. The lowest BCUT2D eigenvalue weighted by Gasteiger charge is -2.44. The minimum atomic E-state index is -0.235. The number of hydrogen-bond donors (Lipinski definition) is 3. The summed E-state index contributed by atoms with van der Waals surface area (Å²) >= 11 is 6.60. The number of fused-ring (bicyclic) bond motifs is 4. The predicted molar refractivity (Wildman–Crippen MR) is 102 cm³/mol. The molecule has 2 saturated carbocycles. The van der Waals surface area contributed by atoms with Gasteiger partial charge in [-0.3, -0.25) is 4.79 Å². The molecule has 1 aliphatic heterocycles. The van der Waals surface area contributed by atoms with Crippen LogP contribution in [0.2, 0.25) is 5.02 Å². The molecule has 3 N–H and O–H groups in total. The Morgan fingerprint density at radius 2 is 2.04 bits per heavy atom. The second-order valence-electron chi connectivity index (χ2n) is 7.76. The number of benzene rings is 1. The van der Waals surface area contributed by atoms with E-state index >= 15 is 0 Å². The summed E-state index contributed by atoms with van der Waals surface area (Å²) in [7, 11) is 0. The Labute approximate surface area is 157 Å². The van der Waals surface area contributed by atoms with Gasteiger partial charge in [-0.15, -0.1) is 0 Å². The number of halogens is 1. The highest BCUT2D eigenvalue weighted by molar-refractivity contribution is 6.34. The summed E-state index contributed by atoms with van der Waals surface area (Å²) in [5, 5.41) is 11.3. The van der Waals surface area contributed by atoms with E-state index in [1.807, 2.05) is 6.07 Å². The van der Waals surface area contributed by atoms with Crippen molar-refractivity contribution in [3.8, 4) is 0 Å². The van der Waals surface area contributed by atoms with E-state index in [4.69, 9.17) is 16.0 Å². The molecular formula is C20H22ClN3O2. The third-order valence-electron chi connectivity index (χ3n) is 5.75. The molecule has 136 valence electrons. The topological polar surface area (TPSA) is 66.3 Å². The second-order valence-corrected chi connectivity index (χ2v) is 8.16. The Morgan fingerprint density at radius 3 is 2.77 bits per heavy atom. The Bertz CT molecular complexity index is 923. The highest BCUT2D eigenvalue weighted by atomic mass is 35.5. The maximum absolute atomic E-state index is 12.5. The van der Waals surface area contributed by atoms with Crippen LogP contribution < -0.4 is 16.0 Å². The molecule has 6 heteroatoms. The van der Waals surface area contributed by atoms with Gasteiger partial charge in [0.15, 0.2) is 5.76 Å². The van der Waals surface area contributed by atoms with Crippen LogP contribution in [0.1, 0.15) is 61.1 Å². The first-order valence-electron chi connectivity index (χ1n) is 9.37. The van der Waals surface area contributed by atoms with Crippen LogP contribution in [0.5, 0.6) is 0 Å². The Kier molecular flexibility index (Phi) is 3.51. The van der Waals surface area contributed by atoms with Crippen LogP contribution in [0, 0.1) is 0 Å². The highest BCUT2D eigenvalue weighted by Gasteiger charge is 2.42. The van der Waals surface area contributed by atoms with E-state index in [1.54, 1.807) is 6.07 Å². The summed E-state index contributed by atoms with van der Waals surface area (Å²) in [6.07, 6.45) is 7.61. The molecule has 1 spiro atoms. The first kappa shape index (κ1) is 16.1. The second kappa shape index (κ2) is 5.68. The van der Waals surface area contributed by atoms with Crippen molar-refractivity contribution in [2.75, 3.05) is 5.32 Å². The summed E-state index contributed by atoms with van der Waals surface area (Å²) in [4.78, 5) is 12.5. The van der Waals surface area contributed by atoms with Gasteiger partial charge in [0.1, 0.15) is 5.58 Å². The molecule has 5 nitrogen and oxygen atoms in total. The molecule has 26 heavy (non-hydrogen) atoms. The Balaban J connectivity index is 1.68. The lowest BCUT2D eigenvalue weighted by molar-refractivity contribution is 0.0925. The molecule has 0 saturated heterocycles. The highest BCUT2D eigenvalue weighted by Crippen LogP contribution is 2.49. The fourth-order valence-electron chi connectivity index (χ4n) is 4.39. The van der Waals surface area contributed by atoms with Gasteiger partial charge in [0, 0.05) is 17.0 Å². The zero-order valence-corrected chi connectivity index (χ0v) is 15.3. The molecule has 2 fully saturated rings. The molecule has 3 aliphatic rings. The van der Waals surface area contributed by atoms with Crippen molar-refractivity contribution < 1.29 is 9.21 Å². The van der Waals surface area contributed by atoms with Crippen LogP contribution in [0.4, 0.5) is 5.69 Å². The number of anilines is 1. The van der Waals surface area contributed by atoms with Crippen molar-refractivity contribution >= 4 is 34.2 Å². The van der Waals surface area contributed by atoms with E-state index in [9.17, 15) is 4.79 Å². The number of carbonyl (C=O) groups is 1. The van der Waals surface area contributed by atoms with Crippen molar-refractivity contribution in [2.45, 2.75) is 56.5 Å². The first-order chi connectivity index (χ1) is 12.6. The molecule has 0 radical (unpaired) electrons. The maximum Gasteiger partial charge on any atom is 0.287 e. The van der Waals surface area contributed by atoms with Crippen LogP contribution in [-0.4, -0.2) is 11.9 Å². The van der Waals surface area contributed by atoms with Gasteiger partial charge < -0.3 is 20.4 Å². The van der Waals surface area contributed by atoms with Crippen molar-refractivity contribution in [3.63, 3.8) is 0 Å². The minimum Gasteiger partial charge on any atom is -0.450 e. The van der Waals surface area contributed by atoms with E-state index < -0.39 is 0 Å². The molecule has 1 aromatic heterocycles. The lowest BCUT2D eigenvalue weighted by Crippen LogP contribution is -2.48. The van der Waals surface area contributed by atoms with Crippen LogP contribution in [-0.2, 0) is 5.54 Å². The number of carbonyl (C=O) groups excluding carboxylic acids is 1. The average molecular weight is 372 g/mol. The summed E-state index contributed by atoms with van der Waals surface area (Å²) in [5.41, 5.74) is 2.41. The van der Waals surface area contributed by atoms with Gasteiger partial charge in [0.05, 0.1) is 22.1 Å². The summed E-state index contributed by atoms with van der Waals surface area (Å²) in [6.45, 7) is 4.08. The van der Waals surface area contributed by atoms with Gasteiger partial charge in [-0.1, -0.05) is 37.4 Å². The van der Waals surface area contributed by atoms with Gasteiger partial charge in [-0.25, -0.2) is 0 Å². The summed E-state index contributed by atoms with van der Waals surface area (Å²) < 4.78 is 6.09. The first-order valence-corrected chi connectivity index (χ1v) is 9.75. The fourth-order valence-corrected chi connectivity index (χ4v) is 4.65. The van der Waals surface area contributed by atoms with Gasteiger partial charge in [-0.2, -0.15) is 0 Å². The van der Waals surface area contributed by atoms with Gasteiger partial charge >= 0.3 is 0 Å².